The van der Waals surface area contributed by atoms with E-state index in [1.54, 1.807) is 0 Å². The van der Waals surface area contributed by atoms with Gasteiger partial charge in [0, 0.05) is 6.42 Å². The van der Waals surface area contributed by atoms with Crippen LogP contribution in [0, 0.1) is 0 Å². The molecule has 328 valence electrons. The zero-order valence-electron chi connectivity index (χ0n) is 37.2. The number of phosphoric ester groups is 1. The minimum Gasteiger partial charge on any atom is -0.391 e. The van der Waals surface area contributed by atoms with Crippen LogP contribution in [0.3, 0.4) is 0 Å². The molecule has 3 N–H and O–H groups in total. The second-order valence-electron chi connectivity index (χ2n) is 17.5. The van der Waals surface area contributed by atoms with Crippen molar-refractivity contribution in [3.05, 3.63) is 12.2 Å². The van der Waals surface area contributed by atoms with Gasteiger partial charge in [-0.3, -0.25) is 13.8 Å². The van der Waals surface area contributed by atoms with Gasteiger partial charge in [-0.15, -0.1) is 0 Å². The highest BCUT2D eigenvalue weighted by Crippen LogP contribution is 2.43. The maximum Gasteiger partial charge on any atom is 0.472 e. The highest BCUT2D eigenvalue weighted by Gasteiger charge is 2.28. The number of hydrogen-bond acceptors (Lipinski definition) is 5. The molecule has 1 amide bonds. The number of nitrogens with one attached hydrogen (secondary N) is 1. The Morgan fingerprint density at radius 2 is 0.982 bits per heavy atom. The van der Waals surface area contributed by atoms with Gasteiger partial charge in [0.15, 0.2) is 0 Å². The Morgan fingerprint density at radius 3 is 1.40 bits per heavy atom. The van der Waals surface area contributed by atoms with Crippen molar-refractivity contribution in [1.29, 1.82) is 0 Å². The number of unbranched alkanes of at least 4 members (excludes halogenated alkanes) is 28. The van der Waals surface area contributed by atoms with E-state index in [0.29, 0.717) is 23.9 Å². The lowest BCUT2D eigenvalue weighted by atomic mass is 10.0. The fourth-order valence-corrected chi connectivity index (χ4v) is 7.72. The SMILES string of the molecule is CCCCCCCCCC/C=C\CCCCCCCCCCCCCC(=O)NC(COP(=O)(O)OCC[N+](C)(C)C)C(O)CCCCCCCCCCCC. The fourth-order valence-electron chi connectivity index (χ4n) is 6.98. The van der Waals surface area contributed by atoms with E-state index in [4.69, 9.17) is 9.05 Å². The normalized spacial score (nSPS) is 14.4. The van der Waals surface area contributed by atoms with Crippen LogP contribution in [0.4, 0.5) is 0 Å². The molecule has 0 saturated heterocycles. The Bertz CT molecular complexity index is 911. The van der Waals surface area contributed by atoms with E-state index >= 15 is 0 Å². The van der Waals surface area contributed by atoms with Gasteiger partial charge in [-0.25, -0.2) is 4.57 Å². The van der Waals surface area contributed by atoms with Gasteiger partial charge in [0.05, 0.1) is 39.9 Å². The van der Waals surface area contributed by atoms with Crippen LogP contribution in [0.1, 0.15) is 226 Å². The molecule has 9 heteroatoms. The Kier molecular flexibility index (Phi) is 38.2. The van der Waals surface area contributed by atoms with Crippen LogP contribution in [0.25, 0.3) is 0 Å². The Morgan fingerprint density at radius 1 is 0.600 bits per heavy atom. The lowest BCUT2D eigenvalue weighted by Gasteiger charge is -2.26. The first-order valence-electron chi connectivity index (χ1n) is 23.6. The molecule has 0 aliphatic carbocycles. The van der Waals surface area contributed by atoms with Crippen molar-refractivity contribution in [2.45, 2.75) is 238 Å². The summed E-state index contributed by atoms with van der Waals surface area (Å²) in [6.45, 7) is 4.88. The lowest BCUT2D eigenvalue weighted by Crippen LogP contribution is -2.46. The van der Waals surface area contributed by atoms with E-state index in [1.165, 1.54) is 161 Å². The quantitative estimate of drug-likeness (QED) is 0.0245. The molecule has 0 fully saturated rings. The number of aliphatic hydroxyl groups excluding tert-OH is 1. The summed E-state index contributed by atoms with van der Waals surface area (Å²) in [6.07, 6.45) is 43.9. The largest absolute Gasteiger partial charge is 0.472 e. The Balaban J connectivity index is 4.16. The maximum absolute atomic E-state index is 12.9. The molecule has 0 saturated carbocycles. The minimum atomic E-state index is -4.31. The van der Waals surface area contributed by atoms with Crippen LogP contribution in [0.5, 0.6) is 0 Å². The van der Waals surface area contributed by atoms with E-state index in [2.05, 4.69) is 31.3 Å². The molecule has 0 aliphatic heterocycles. The first kappa shape index (κ1) is 54.2. The van der Waals surface area contributed by atoms with Crippen molar-refractivity contribution < 1.29 is 32.9 Å². The first-order chi connectivity index (χ1) is 26.5. The van der Waals surface area contributed by atoms with Crippen LogP contribution in [-0.2, 0) is 18.4 Å². The third-order valence-electron chi connectivity index (χ3n) is 10.8. The van der Waals surface area contributed by atoms with Gasteiger partial charge < -0.3 is 19.8 Å². The molecule has 0 bridgehead atoms. The second-order valence-corrected chi connectivity index (χ2v) is 18.9. The Labute approximate surface area is 342 Å². The molecular formula is C46H94N2O6P+. The number of hydrogen-bond donors (Lipinski definition) is 3. The average Bonchev–Trinajstić information content (AvgIpc) is 3.13. The average molecular weight is 802 g/mol. The third-order valence-corrected chi connectivity index (χ3v) is 11.7. The highest BCUT2D eigenvalue weighted by atomic mass is 31.2. The topological polar surface area (TPSA) is 105 Å². The van der Waals surface area contributed by atoms with Gasteiger partial charge in [-0.1, -0.05) is 193 Å². The number of aliphatic hydroxyl groups is 1. The number of rotatable bonds is 43. The third kappa shape index (κ3) is 41.2. The number of quaternary nitrogens is 1. The molecule has 0 aliphatic rings. The summed E-state index contributed by atoms with van der Waals surface area (Å²) in [5.41, 5.74) is 0. The fraction of sp³-hybridized carbons (Fsp3) is 0.935. The van der Waals surface area contributed by atoms with Gasteiger partial charge in [0.25, 0.3) is 0 Å². The highest BCUT2D eigenvalue weighted by molar-refractivity contribution is 7.47. The molecule has 55 heavy (non-hydrogen) atoms. The van der Waals surface area contributed by atoms with Crippen molar-refractivity contribution in [3.63, 3.8) is 0 Å². The van der Waals surface area contributed by atoms with Crippen LogP contribution >= 0.6 is 7.82 Å². The zero-order valence-corrected chi connectivity index (χ0v) is 38.1. The summed E-state index contributed by atoms with van der Waals surface area (Å²) in [4.78, 5) is 23.1. The van der Waals surface area contributed by atoms with Gasteiger partial charge in [-0.2, -0.15) is 0 Å². The van der Waals surface area contributed by atoms with Gasteiger partial charge in [0.1, 0.15) is 13.2 Å². The van der Waals surface area contributed by atoms with E-state index in [1.807, 2.05) is 21.1 Å². The predicted molar refractivity (Wildman–Crippen MR) is 235 cm³/mol. The number of likely N-dealkylation sites (N-methyl/N-ethyl adjacent to an activating group) is 1. The minimum absolute atomic E-state index is 0.0764. The summed E-state index contributed by atoms with van der Waals surface area (Å²) in [7, 11) is 1.62. The van der Waals surface area contributed by atoms with Crippen LogP contribution in [0.2, 0.25) is 0 Å². The summed E-state index contributed by atoms with van der Waals surface area (Å²) >= 11 is 0. The molecule has 8 nitrogen and oxygen atoms in total. The molecule has 0 heterocycles. The number of carbonyl (C=O) groups is 1. The molecule has 0 aromatic heterocycles. The van der Waals surface area contributed by atoms with Crippen LogP contribution in [0.15, 0.2) is 12.2 Å². The number of allylic oxidation sites excluding steroid dienone is 2. The van der Waals surface area contributed by atoms with E-state index in [9.17, 15) is 19.4 Å². The maximum atomic E-state index is 12.9. The number of amides is 1. The summed E-state index contributed by atoms with van der Waals surface area (Å²) in [6, 6.07) is -0.755. The van der Waals surface area contributed by atoms with Crippen molar-refractivity contribution >= 4 is 13.7 Å². The molecule has 0 aromatic carbocycles. The molecule has 0 radical (unpaired) electrons. The Hall–Kier alpha value is -0.760. The monoisotopic (exact) mass is 802 g/mol. The lowest BCUT2D eigenvalue weighted by molar-refractivity contribution is -0.870. The number of phosphoric acid groups is 1. The van der Waals surface area contributed by atoms with Gasteiger partial charge in [0.2, 0.25) is 5.91 Å². The summed E-state index contributed by atoms with van der Waals surface area (Å²) in [5.74, 6) is -0.145. The van der Waals surface area contributed by atoms with Crippen molar-refractivity contribution in [1.82, 2.24) is 5.32 Å². The molecule has 3 unspecified atom stereocenters. The summed E-state index contributed by atoms with van der Waals surface area (Å²) in [5, 5.41) is 13.9. The first-order valence-corrected chi connectivity index (χ1v) is 25.0. The number of carbonyl (C=O) groups excluding carboxylic acids is 1. The summed E-state index contributed by atoms with van der Waals surface area (Å²) < 4.78 is 23.6. The van der Waals surface area contributed by atoms with E-state index in [0.717, 1.165) is 38.5 Å². The molecular weight excluding hydrogens is 707 g/mol. The molecule has 0 rings (SSSR count). The standard InChI is InChI=1S/C46H93N2O6P/c1-6-8-10-12-14-16-18-19-20-21-22-23-24-25-26-27-28-29-30-32-34-36-38-40-46(50)47-44(43-54-55(51,52)53-42-41-48(3,4)5)45(49)39-37-35-33-31-17-15-13-11-9-7-2/h21-22,44-45,49H,6-20,23-43H2,1-5H3,(H-,47,50,51,52)/p+1/b22-21-. The van der Waals surface area contributed by atoms with Crippen molar-refractivity contribution in [2.75, 3.05) is 40.9 Å². The van der Waals surface area contributed by atoms with E-state index in [-0.39, 0.29) is 19.1 Å². The predicted octanol–water partition coefficient (Wildman–Crippen LogP) is 13.1. The molecule has 0 spiro atoms. The van der Waals surface area contributed by atoms with Crippen LogP contribution < -0.4 is 5.32 Å². The van der Waals surface area contributed by atoms with Gasteiger partial charge in [-0.05, 0) is 38.5 Å². The van der Waals surface area contributed by atoms with E-state index < -0.39 is 20.0 Å². The molecule has 0 aromatic rings. The van der Waals surface area contributed by atoms with Crippen LogP contribution in [-0.4, -0.2) is 73.4 Å². The second kappa shape index (κ2) is 38.7. The van der Waals surface area contributed by atoms with Crippen molar-refractivity contribution in [2.24, 2.45) is 0 Å². The zero-order chi connectivity index (χ0) is 40.7. The van der Waals surface area contributed by atoms with Crippen molar-refractivity contribution in [3.8, 4) is 0 Å². The number of nitrogens with zero attached hydrogens (tertiary/aromatic N) is 1. The molecule has 3 atom stereocenters. The van der Waals surface area contributed by atoms with Gasteiger partial charge >= 0.3 is 7.82 Å². The smallest absolute Gasteiger partial charge is 0.391 e.